The van der Waals surface area contributed by atoms with Crippen LogP contribution in [0.2, 0.25) is 0 Å². The number of piperidine rings is 1. The molecule has 158 valence electrons. The van der Waals surface area contributed by atoms with Gasteiger partial charge in [0, 0.05) is 25.1 Å². The van der Waals surface area contributed by atoms with E-state index in [9.17, 15) is 14.0 Å². The highest BCUT2D eigenvalue weighted by atomic mass is 19.1. The van der Waals surface area contributed by atoms with Gasteiger partial charge in [0.25, 0.3) is 5.91 Å². The van der Waals surface area contributed by atoms with E-state index in [-0.39, 0.29) is 23.1 Å². The van der Waals surface area contributed by atoms with Crippen LogP contribution < -0.4 is 4.74 Å². The van der Waals surface area contributed by atoms with Crippen molar-refractivity contribution in [3.63, 3.8) is 0 Å². The van der Waals surface area contributed by atoms with Crippen molar-refractivity contribution in [3.8, 4) is 5.75 Å². The Morgan fingerprint density at radius 3 is 2.50 bits per heavy atom. The fourth-order valence-corrected chi connectivity index (χ4v) is 4.29. The van der Waals surface area contributed by atoms with Crippen LogP contribution in [0.15, 0.2) is 48.5 Å². The van der Waals surface area contributed by atoms with Crippen LogP contribution in [-0.4, -0.2) is 47.5 Å². The smallest absolute Gasteiger partial charge is 0.253 e. The molecular formula is C23H25FN2O4. The molecule has 4 rings (SSSR count). The lowest BCUT2D eigenvalue weighted by Crippen LogP contribution is -2.54. The number of amides is 2. The summed E-state index contributed by atoms with van der Waals surface area (Å²) in [5.41, 5.74) is 0.916. The molecule has 2 amide bonds. The van der Waals surface area contributed by atoms with Crippen molar-refractivity contribution < 1.29 is 23.6 Å². The first-order valence-electron chi connectivity index (χ1n) is 10.2. The number of halogens is 1. The molecular weight excluding hydrogens is 387 g/mol. The first-order valence-corrected chi connectivity index (χ1v) is 10.2. The van der Waals surface area contributed by atoms with Gasteiger partial charge in [0.2, 0.25) is 5.91 Å². The third-order valence-corrected chi connectivity index (χ3v) is 6.04. The number of hydroxylamine groups is 2. The number of carbonyl (C=O) groups excluding carboxylic acids is 2. The lowest BCUT2D eigenvalue weighted by molar-refractivity contribution is -0.221. The van der Waals surface area contributed by atoms with E-state index in [1.54, 1.807) is 16.0 Å². The summed E-state index contributed by atoms with van der Waals surface area (Å²) < 4.78 is 18.9. The van der Waals surface area contributed by atoms with E-state index in [2.05, 4.69) is 0 Å². The standard InChI is InChI=1S/C23H25FN2O4/c1-29-20-8-7-18(15-19(20)24)22(28)25-13-11-23(12-14-25)10-9-21(27)26(23)30-16-17-5-3-2-4-6-17/h2-8,15H,9-14,16H2,1H3. The Morgan fingerprint density at radius 2 is 1.83 bits per heavy atom. The zero-order chi connectivity index (χ0) is 21.1. The summed E-state index contributed by atoms with van der Waals surface area (Å²) >= 11 is 0. The minimum absolute atomic E-state index is 0.0112. The summed E-state index contributed by atoms with van der Waals surface area (Å²) in [6, 6.07) is 14.0. The molecule has 0 atom stereocenters. The summed E-state index contributed by atoms with van der Waals surface area (Å²) in [4.78, 5) is 32.9. The van der Waals surface area contributed by atoms with Gasteiger partial charge in [-0.15, -0.1) is 0 Å². The van der Waals surface area contributed by atoms with E-state index in [0.717, 1.165) is 12.0 Å². The maximum absolute atomic E-state index is 14.0. The van der Waals surface area contributed by atoms with Crippen LogP contribution in [-0.2, 0) is 16.2 Å². The van der Waals surface area contributed by atoms with Gasteiger partial charge in [-0.05, 0) is 43.0 Å². The number of nitrogens with zero attached hydrogens (tertiary/aromatic N) is 2. The molecule has 2 aromatic rings. The lowest BCUT2D eigenvalue weighted by Gasteiger charge is -2.43. The Hall–Kier alpha value is -2.93. The van der Waals surface area contributed by atoms with Crippen LogP contribution in [0.25, 0.3) is 0 Å². The van der Waals surface area contributed by atoms with Crippen LogP contribution in [0.1, 0.15) is 41.6 Å². The minimum Gasteiger partial charge on any atom is -0.494 e. The topological polar surface area (TPSA) is 59.1 Å². The van der Waals surface area contributed by atoms with Crippen molar-refractivity contribution >= 4 is 11.8 Å². The summed E-state index contributed by atoms with van der Waals surface area (Å²) in [6.07, 6.45) is 2.45. The van der Waals surface area contributed by atoms with Gasteiger partial charge in [0.1, 0.15) is 6.61 Å². The number of methoxy groups -OCH3 is 1. The number of hydrogen-bond acceptors (Lipinski definition) is 4. The molecule has 0 N–H and O–H groups in total. The predicted octanol–water partition coefficient (Wildman–Crippen LogP) is 3.56. The molecule has 0 radical (unpaired) electrons. The Balaban J connectivity index is 1.41. The van der Waals surface area contributed by atoms with Crippen LogP contribution in [0.3, 0.4) is 0 Å². The average Bonchev–Trinajstić information content (AvgIpc) is 3.07. The van der Waals surface area contributed by atoms with E-state index in [4.69, 9.17) is 9.57 Å². The molecule has 6 nitrogen and oxygen atoms in total. The van der Waals surface area contributed by atoms with Gasteiger partial charge in [0.15, 0.2) is 11.6 Å². The number of rotatable bonds is 5. The number of benzene rings is 2. The zero-order valence-electron chi connectivity index (χ0n) is 17.0. The minimum atomic E-state index is -0.557. The van der Waals surface area contributed by atoms with Gasteiger partial charge in [-0.3, -0.25) is 14.4 Å². The Bertz CT molecular complexity index is 926. The van der Waals surface area contributed by atoms with Crippen LogP contribution in [0.5, 0.6) is 5.75 Å². The highest BCUT2D eigenvalue weighted by molar-refractivity contribution is 5.94. The van der Waals surface area contributed by atoms with E-state index in [1.165, 1.54) is 19.2 Å². The number of ether oxygens (including phenoxy) is 1. The molecule has 0 aromatic heterocycles. The largest absolute Gasteiger partial charge is 0.494 e. The molecule has 2 fully saturated rings. The van der Waals surface area contributed by atoms with Gasteiger partial charge in [-0.2, -0.15) is 0 Å². The summed E-state index contributed by atoms with van der Waals surface area (Å²) in [5.74, 6) is -0.672. The van der Waals surface area contributed by atoms with Crippen molar-refractivity contribution in [1.29, 1.82) is 0 Å². The molecule has 0 unspecified atom stereocenters. The number of likely N-dealkylation sites (tertiary alicyclic amines) is 1. The predicted molar refractivity (Wildman–Crippen MR) is 108 cm³/mol. The molecule has 0 bridgehead atoms. The second-order valence-electron chi connectivity index (χ2n) is 7.81. The molecule has 2 heterocycles. The SMILES string of the molecule is COc1ccc(C(=O)N2CCC3(CCC(=O)N3OCc3ccccc3)CC2)cc1F. The summed E-state index contributed by atoms with van der Waals surface area (Å²) in [7, 11) is 1.39. The molecule has 2 aromatic carbocycles. The second kappa shape index (κ2) is 8.44. The lowest BCUT2D eigenvalue weighted by atomic mass is 9.85. The highest BCUT2D eigenvalue weighted by Crippen LogP contribution is 2.40. The van der Waals surface area contributed by atoms with Gasteiger partial charge in [0.05, 0.1) is 12.6 Å². The first kappa shape index (κ1) is 20.3. The normalized spacial score (nSPS) is 18.1. The van der Waals surface area contributed by atoms with Gasteiger partial charge < -0.3 is 9.64 Å². The third-order valence-electron chi connectivity index (χ3n) is 6.04. The molecule has 2 aliphatic rings. The zero-order valence-corrected chi connectivity index (χ0v) is 17.0. The van der Waals surface area contributed by atoms with E-state index in [1.807, 2.05) is 30.3 Å². The highest BCUT2D eigenvalue weighted by Gasteiger charge is 2.48. The average molecular weight is 412 g/mol. The van der Waals surface area contributed by atoms with E-state index < -0.39 is 5.82 Å². The first-order chi connectivity index (χ1) is 14.5. The van der Waals surface area contributed by atoms with Gasteiger partial charge in [-0.1, -0.05) is 30.3 Å². The molecule has 2 aliphatic heterocycles. The maximum Gasteiger partial charge on any atom is 0.253 e. The molecule has 30 heavy (non-hydrogen) atoms. The van der Waals surface area contributed by atoms with Crippen molar-refractivity contribution in [2.24, 2.45) is 0 Å². The Morgan fingerprint density at radius 1 is 1.10 bits per heavy atom. The second-order valence-corrected chi connectivity index (χ2v) is 7.81. The molecule has 0 aliphatic carbocycles. The fourth-order valence-electron chi connectivity index (χ4n) is 4.29. The Labute approximate surface area is 175 Å². The quantitative estimate of drug-likeness (QED) is 0.754. The maximum atomic E-state index is 14.0. The van der Waals surface area contributed by atoms with Crippen molar-refractivity contribution in [1.82, 2.24) is 9.96 Å². The molecule has 7 heteroatoms. The van der Waals surface area contributed by atoms with Gasteiger partial charge >= 0.3 is 0 Å². The Kier molecular flexibility index (Phi) is 5.72. The van der Waals surface area contributed by atoms with Crippen molar-refractivity contribution in [2.75, 3.05) is 20.2 Å². The molecule has 2 saturated heterocycles. The van der Waals surface area contributed by atoms with Crippen molar-refractivity contribution in [2.45, 2.75) is 37.8 Å². The molecule has 1 spiro atoms. The van der Waals surface area contributed by atoms with Crippen LogP contribution in [0, 0.1) is 5.82 Å². The third kappa shape index (κ3) is 3.89. The van der Waals surface area contributed by atoms with Crippen molar-refractivity contribution in [3.05, 3.63) is 65.5 Å². The van der Waals surface area contributed by atoms with Crippen LogP contribution >= 0.6 is 0 Å². The van der Waals surface area contributed by atoms with E-state index in [0.29, 0.717) is 44.5 Å². The summed E-state index contributed by atoms with van der Waals surface area (Å²) in [5, 5.41) is 1.55. The number of hydrogen-bond donors (Lipinski definition) is 0. The summed E-state index contributed by atoms with van der Waals surface area (Å²) in [6.45, 7) is 1.32. The van der Waals surface area contributed by atoms with E-state index >= 15 is 0 Å². The fraction of sp³-hybridized carbons (Fsp3) is 0.391. The van der Waals surface area contributed by atoms with Gasteiger partial charge in [-0.25, -0.2) is 9.45 Å². The number of carbonyl (C=O) groups is 2. The monoisotopic (exact) mass is 412 g/mol. The molecule has 0 saturated carbocycles. The van der Waals surface area contributed by atoms with Crippen LogP contribution in [0.4, 0.5) is 4.39 Å².